The Hall–Kier alpha value is -1.03. The highest BCUT2D eigenvalue weighted by atomic mass is 32.2. The molecule has 0 aliphatic heterocycles. The van der Waals surface area contributed by atoms with Gasteiger partial charge >= 0.3 is 0 Å². The fraction of sp³-hybridized carbons (Fsp3) is 0.500. The lowest BCUT2D eigenvalue weighted by molar-refractivity contribution is 0.602. The van der Waals surface area contributed by atoms with Crippen LogP contribution in [0, 0.1) is 0 Å². The molecule has 0 spiro atoms. The van der Waals surface area contributed by atoms with Crippen molar-refractivity contribution in [2.24, 2.45) is 0 Å². The molecule has 0 aliphatic rings. The average Bonchev–Trinajstić information content (AvgIpc) is 2.19. The van der Waals surface area contributed by atoms with Gasteiger partial charge in [0.1, 0.15) is 9.84 Å². The molecule has 3 nitrogen and oxygen atoms in total. The monoisotopic (exact) mass is 241 g/mol. The fourth-order valence-electron chi connectivity index (χ4n) is 1.55. The van der Waals surface area contributed by atoms with E-state index in [4.69, 9.17) is 0 Å². The van der Waals surface area contributed by atoms with Gasteiger partial charge in [-0.1, -0.05) is 31.5 Å². The molecule has 1 aromatic rings. The second kappa shape index (κ2) is 5.89. The summed E-state index contributed by atoms with van der Waals surface area (Å²) in [7, 11) is -2.88. The minimum atomic E-state index is -2.88. The summed E-state index contributed by atoms with van der Waals surface area (Å²) in [6.45, 7) is 2.60. The number of rotatable bonds is 6. The van der Waals surface area contributed by atoms with Gasteiger partial charge in [-0.15, -0.1) is 0 Å². The highest BCUT2D eigenvalue weighted by Gasteiger charge is 2.03. The van der Waals surface area contributed by atoms with E-state index in [-0.39, 0.29) is 5.75 Å². The third-order valence-corrected chi connectivity index (χ3v) is 3.27. The second-order valence-corrected chi connectivity index (χ2v) is 6.22. The van der Waals surface area contributed by atoms with Crippen LogP contribution in [0.3, 0.4) is 0 Å². The molecule has 0 heterocycles. The van der Waals surface area contributed by atoms with E-state index >= 15 is 0 Å². The van der Waals surface area contributed by atoms with E-state index in [1.807, 2.05) is 18.2 Å². The predicted molar refractivity (Wildman–Crippen MR) is 68.6 cm³/mol. The van der Waals surface area contributed by atoms with Crippen molar-refractivity contribution in [1.29, 1.82) is 0 Å². The number of hydrogen-bond acceptors (Lipinski definition) is 3. The molecule has 0 unspecified atom stereocenters. The van der Waals surface area contributed by atoms with Crippen molar-refractivity contribution in [1.82, 2.24) is 0 Å². The zero-order valence-corrected chi connectivity index (χ0v) is 10.7. The SMILES string of the molecule is CCCc1ccccc1NCCS(C)(=O)=O. The molecule has 1 N–H and O–H groups in total. The normalized spacial score (nSPS) is 11.4. The first-order valence-corrected chi connectivity index (χ1v) is 7.58. The Morgan fingerprint density at radius 3 is 2.56 bits per heavy atom. The lowest BCUT2D eigenvalue weighted by Crippen LogP contribution is -2.14. The van der Waals surface area contributed by atoms with E-state index in [0.717, 1.165) is 18.5 Å². The van der Waals surface area contributed by atoms with Gasteiger partial charge in [-0.2, -0.15) is 0 Å². The lowest BCUT2D eigenvalue weighted by Gasteiger charge is -2.10. The summed E-state index contributed by atoms with van der Waals surface area (Å²) in [5.74, 6) is 0.174. The van der Waals surface area contributed by atoms with Crippen LogP contribution in [-0.4, -0.2) is 27.0 Å². The summed E-state index contributed by atoms with van der Waals surface area (Å²) in [5.41, 5.74) is 2.30. The van der Waals surface area contributed by atoms with Crippen molar-refractivity contribution in [2.45, 2.75) is 19.8 Å². The Balaban J connectivity index is 2.59. The van der Waals surface area contributed by atoms with E-state index in [9.17, 15) is 8.42 Å². The first kappa shape index (κ1) is 13.0. The zero-order chi connectivity index (χ0) is 12.0. The molecular formula is C12H19NO2S. The van der Waals surface area contributed by atoms with Crippen LogP contribution in [0.1, 0.15) is 18.9 Å². The Morgan fingerprint density at radius 2 is 1.94 bits per heavy atom. The van der Waals surface area contributed by atoms with Gasteiger partial charge in [-0.25, -0.2) is 8.42 Å². The first-order valence-electron chi connectivity index (χ1n) is 5.52. The largest absolute Gasteiger partial charge is 0.384 e. The standard InChI is InChI=1S/C12H19NO2S/c1-3-6-11-7-4-5-8-12(11)13-9-10-16(2,14)15/h4-5,7-8,13H,3,6,9-10H2,1-2H3. The van der Waals surface area contributed by atoms with Gasteiger partial charge < -0.3 is 5.32 Å². The minimum Gasteiger partial charge on any atom is -0.384 e. The number of sulfone groups is 1. The maximum absolute atomic E-state index is 11.0. The molecule has 1 rings (SSSR count). The molecule has 0 bridgehead atoms. The Labute approximate surface area is 97.8 Å². The molecule has 0 aliphatic carbocycles. The van der Waals surface area contributed by atoms with Crippen LogP contribution in [0.5, 0.6) is 0 Å². The molecule has 1 aromatic carbocycles. The molecular weight excluding hydrogens is 222 g/mol. The summed E-state index contributed by atoms with van der Waals surface area (Å²) in [5, 5.41) is 3.18. The quantitative estimate of drug-likeness (QED) is 0.829. The summed E-state index contributed by atoms with van der Waals surface area (Å²) in [6, 6.07) is 8.04. The smallest absolute Gasteiger partial charge is 0.149 e. The molecule has 90 valence electrons. The molecule has 0 saturated carbocycles. The van der Waals surface area contributed by atoms with Crippen molar-refractivity contribution < 1.29 is 8.42 Å². The molecule has 0 amide bonds. The summed E-state index contributed by atoms with van der Waals surface area (Å²) in [6.07, 6.45) is 3.36. The molecule has 0 radical (unpaired) electrons. The number of anilines is 1. The first-order chi connectivity index (χ1) is 7.53. The summed E-state index contributed by atoms with van der Waals surface area (Å²) in [4.78, 5) is 0. The Morgan fingerprint density at radius 1 is 1.25 bits per heavy atom. The van der Waals surface area contributed by atoms with Gasteiger partial charge in [0.25, 0.3) is 0 Å². The highest BCUT2D eigenvalue weighted by Crippen LogP contribution is 2.16. The molecule has 4 heteroatoms. The number of benzene rings is 1. The topological polar surface area (TPSA) is 46.2 Å². The van der Waals surface area contributed by atoms with E-state index in [0.29, 0.717) is 6.54 Å². The lowest BCUT2D eigenvalue weighted by atomic mass is 10.1. The van der Waals surface area contributed by atoms with Crippen molar-refractivity contribution in [3.05, 3.63) is 29.8 Å². The van der Waals surface area contributed by atoms with Crippen LogP contribution < -0.4 is 5.32 Å². The fourth-order valence-corrected chi connectivity index (χ4v) is 2.02. The van der Waals surface area contributed by atoms with Crippen LogP contribution in [-0.2, 0) is 16.3 Å². The Bertz CT molecular complexity index is 426. The maximum Gasteiger partial charge on any atom is 0.149 e. The van der Waals surface area contributed by atoms with Crippen molar-refractivity contribution >= 4 is 15.5 Å². The molecule has 0 atom stereocenters. The van der Waals surface area contributed by atoms with E-state index in [2.05, 4.69) is 18.3 Å². The van der Waals surface area contributed by atoms with Crippen LogP contribution >= 0.6 is 0 Å². The van der Waals surface area contributed by atoms with Gasteiger partial charge in [0.2, 0.25) is 0 Å². The predicted octanol–water partition coefficient (Wildman–Crippen LogP) is 2.10. The summed E-state index contributed by atoms with van der Waals surface area (Å²) < 4.78 is 22.0. The zero-order valence-electron chi connectivity index (χ0n) is 9.86. The minimum absolute atomic E-state index is 0.174. The Kier molecular flexibility index (Phi) is 4.80. The molecule has 0 saturated heterocycles. The highest BCUT2D eigenvalue weighted by molar-refractivity contribution is 7.90. The van der Waals surface area contributed by atoms with E-state index < -0.39 is 9.84 Å². The third-order valence-electron chi connectivity index (χ3n) is 2.33. The van der Waals surface area contributed by atoms with E-state index in [1.165, 1.54) is 11.8 Å². The van der Waals surface area contributed by atoms with Crippen LogP contribution in [0.2, 0.25) is 0 Å². The van der Waals surface area contributed by atoms with Gasteiger partial charge in [0.05, 0.1) is 5.75 Å². The van der Waals surface area contributed by atoms with Crippen molar-refractivity contribution in [2.75, 3.05) is 23.9 Å². The van der Waals surface area contributed by atoms with Crippen LogP contribution in [0.25, 0.3) is 0 Å². The van der Waals surface area contributed by atoms with Crippen LogP contribution in [0.4, 0.5) is 5.69 Å². The van der Waals surface area contributed by atoms with Gasteiger partial charge in [-0.3, -0.25) is 0 Å². The van der Waals surface area contributed by atoms with Gasteiger partial charge in [0, 0.05) is 18.5 Å². The van der Waals surface area contributed by atoms with Crippen molar-refractivity contribution in [3.8, 4) is 0 Å². The number of nitrogens with one attached hydrogen (secondary N) is 1. The van der Waals surface area contributed by atoms with E-state index in [1.54, 1.807) is 0 Å². The maximum atomic E-state index is 11.0. The summed E-state index contributed by atoms with van der Waals surface area (Å²) >= 11 is 0. The number of hydrogen-bond donors (Lipinski definition) is 1. The number of para-hydroxylation sites is 1. The van der Waals surface area contributed by atoms with Crippen molar-refractivity contribution in [3.63, 3.8) is 0 Å². The van der Waals surface area contributed by atoms with Crippen LogP contribution in [0.15, 0.2) is 24.3 Å². The number of aryl methyl sites for hydroxylation is 1. The van der Waals surface area contributed by atoms with Gasteiger partial charge in [-0.05, 0) is 18.1 Å². The molecule has 0 aromatic heterocycles. The molecule has 16 heavy (non-hydrogen) atoms. The van der Waals surface area contributed by atoms with Gasteiger partial charge in [0.15, 0.2) is 0 Å². The third kappa shape index (κ3) is 4.66. The molecule has 0 fully saturated rings. The average molecular weight is 241 g/mol. The second-order valence-electron chi connectivity index (χ2n) is 3.96.